The van der Waals surface area contributed by atoms with Crippen LogP contribution in [0.25, 0.3) is 0 Å². The highest BCUT2D eigenvalue weighted by Crippen LogP contribution is 2.33. The fourth-order valence-corrected chi connectivity index (χ4v) is 2.46. The van der Waals surface area contributed by atoms with E-state index in [4.69, 9.17) is 44.3 Å². The first kappa shape index (κ1) is 21.7. The molecule has 0 heterocycles. The van der Waals surface area contributed by atoms with Crippen molar-refractivity contribution in [1.82, 2.24) is 0 Å². The van der Waals surface area contributed by atoms with Crippen molar-refractivity contribution >= 4 is 58.1 Å². The summed E-state index contributed by atoms with van der Waals surface area (Å²) >= 11 is 17.5. The summed E-state index contributed by atoms with van der Waals surface area (Å²) < 4.78 is 23.1. The van der Waals surface area contributed by atoms with Gasteiger partial charge in [-0.25, -0.2) is 4.79 Å². The number of hydrogen-bond donors (Lipinski definition) is 1. The number of amides is 1. The van der Waals surface area contributed by atoms with Crippen LogP contribution in [0.2, 0.25) is 15.1 Å². The van der Waals surface area contributed by atoms with E-state index in [2.05, 4.69) is 5.32 Å². The number of nitrogens with one attached hydrogen (secondary N) is 1. The number of anilines is 1. The van der Waals surface area contributed by atoms with Crippen LogP contribution in [-0.2, 0) is 14.3 Å². The van der Waals surface area contributed by atoms with Crippen molar-refractivity contribution in [3.05, 3.63) is 61.3 Å². The molecule has 0 aliphatic heterocycles. The number of carbonyl (C=O) groups excluding carboxylic acids is 2. The van der Waals surface area contributed by atoms with Crippen LogP contribution in [0.3, 0.4) is 0 Å². The molecule has 0 aliphatic carbocycles. The average Bonchev–Trinajstić information content (AvgIpc) is 2.63. The monoisotopic (exact) mass is 450 g/mol. The lowest BCUT2D eigenvalue weighted by Crippen LogP contribution is -2.23. The van der Waals surface area contributed by atoms with Crippen LogP contribution in [0, 0.1) is 15.9 Å². The zero-order chi connectivity index (χ0) is 20.8. The Morgan fingerprint density at radius 3 is 2.43 bits per heavy atom. The van der Waals surface area contributed by atoms with Crippen molar-refractivity contribution in [1.29, 1.82) is 0 Å². The maximum atomic E-state index is 13.2. The molecule has 28 heavy (non-hydrogen) atoms. The first-order chi connectivity index (χ1) is 13.2. The first-order valence-corrected chi connectivity index (χ1v) is 8.47. The molecule has 2 aromatic rings. The van der Waals surface area contributed by atoms with Crippen LogP contribution in [0.5, 0.6) is 5.75 Å². The van der Waals surface area contributed by atoms with E-state index >= 15 is 0 Å². The minimum absolute atomic E-state index is 0.0343. The third-order valence-electron chi connectivity index (χ3n) is 3.11. The van der Waals surface area contributed by atoms with E-state index in [1.165, 1.54) is 12.1 Å². The van der Waals surface area contributed by atoms with Crippen LogP contribution in [0.15, 0.2) is 30.3 Å². The van der Waals surface area contributed by atoms with E-state index in [0.717, 1.165) is 18.2 Å². The predicted molar refractivity (Wildman–Crippen MR) is 99.6 cm³/mol. The van der Waals surface area contributed by atoms with E-state index in [1.54, 1.807) is 0 Å². The summed E-state index contributed by atoms with van der Waals surface area (Å²) in [4.78, 5) is 33.1. The van der Waals surface area contributed by atoms with Crippen molar-refractivity contribution < 1.29 is 28.4 Å². The highest BCUT2D eigenvalue weighted by atomic mass is 35.5. The fraction of sp³-hybridized carbons (Fsp3) is 0.125. The van der Waals surface area contributed by atoms with Crippen LogP contribution in [0.1, 0.15) is 0 Å². The number of nitrogens with zero attached hydrogens (tertiary/aromatic N) is 1. The smallest absolute Gasteiger partial charge is 0.344 e. The Balaban J connectivity index is 1.84. The van der Waals surface area contributed by atoms with Gasteiger partial charge in [-0.05, 0) is 18.2 Å². The maximum absolute atomic E-state index is 13.2. The molecule has 1 N–H and O–H groups in total. The fourth-order valence-electron chi connectivity index (χ4n) is 1.87. The molecule has 8 nitrogen and oxygen atoms in total. The molecule has 0 unspecified atom stereocenters. The molecule has 2 aromatic carbocycles. The SMILES string of the molecule is O=C(COC(=O)COc1cc(Cl)c(Cl)cc1Cl)Nc1ccc(F)c([N+](=O)[O-])c1. The van der Waals surface area contributed by atoms with Gasteiger partial charge in [0.2, 0.25) is 5.82 Å². The van der Waals surface area contributed by atoms with Crippen LogP contribution in [0.4, 0.5) is 15.8 Å². The van der Waals surface area contributed by atoms with Gasteiger partial charge in [0.25, 0.3) is 5.91 Å². The summed E-state index contributed by atoms with van der Waals surface area (Å²) in [7, 11) is 0. The van der Waals surface area contributed by atoms with Crippen molar-refractivity contribution in [3.8, 4) is 5.75 Å². The highest BCUT2D eigenvalue weighted by Gasteiger charge is 2.16. The lowest BCUT2D eigenvalue weighted by atomic mass is 10.2. The van der Waals surface area contributed by atoms with E-state index in [1.807, 2.05) is 0 Å². The van der Waals surface area contributed by atoms with Crippen molar-refractivity contribution in [2.45, 2.75) is 0 Å². The van der Waals surface area contributed by atoms with Crippen molar-refractivity contribution in [2.24, 2.45) is 0 Å². The third-order valence-corrected chi connectivity index (χ3v) is 4.13. The second-order valence-electron chi connectivity index (χ2n) is 5.12. The topological polar surface area (TPSA) is 108 Å². The van der Waals surface area contributed by atoms with E-state index < -0.39 is 41.5 Å². The van der Waals surface area contributed by atoms with Crippen LogP contribution >= 0.6 is 34.8 Å². The Kier molecular flexibility index (Phi) is 7.38. The summed E-state index contributed by atoms with van der Waals surface area (Å²) in [5, 5.41) is 13.4. The minimum atomic E-state index is -1.05. The number of hydrogen-bond acceptors (Lipinski definition) is 6. The average molecular weight is 452 g/mol. The molecule has 12 heteroatoms. The minimum Gasteiger partial charge on any atom is -0.480 e. The summed E-state index contributed by atoms with van der Waals surface area (Å²) in [5.41, 5.74) is -0.838. The van der Waals surface area contributed by atoms with Gasteiger partial charge in [-0.1, -0.05) is 34.8 Å². The Labute approximate surface area is 172 Å². The molecule has 1 amide bonds. The molecule has 0 bridgehead atoms. The molecular weight excluding hydrogens is 442 g/mol. The van der Waals surface area contributed by atoms with Gasteiger partial charge in [0.05, 0.1) is 20.0 Å². The number of nitro groups is 1. The number of ether oxygens (including phenoxy) is 2. The van der Waals surface area contributed by atoms with Gasteiger partial charge >= 0.3 is 11.7 Å². The number of rotatable bonds is 7. The Bertz CT molecular complexity index is 941. The highest BCUT2D eigenvalue weighted by molar-refractivity contribution is 6.43. The zero-order valence-electron chi connectivity index (χ0n) is 13.7. The Morgan fingerprint density at radius 1 is 1.07 bits per heavy atom. The Hall–Kier alpha value is -2.62. The largest absolute Gasteiger partial charge is 0.480 e. The van der Waals surface area contributed by atoms with E-state index in [0.29, 0.717) is 0 Å². The number of carbonyl (C=O) groups is 2. The third kappa shape index (κ3) is 5.95. The van der Waals surface area contributed by atoms with Gasteiger partial charge in [-0.15, -0.1) is 0 Å². The van der Waals surface area contributed by atoms with Gasteiger partial charge in [0, 0.05) is 17.8 Å². The quantitative estimate of drug-likeness (QED) is 0.292. The molecule has 2 rings (SSSR count). The maximum Gasteiger partial charge on any atom is 0.344 e. The molecular formula is C16H10Cl3FN2O6. The summed E-state index contributed by atoms with van der Waals surface area (Å²) in [5.74, 6) is -2.63. The van der Waals surface area contributed by atoms with Gasteiger partial charge in [-0.3, -0.25) is 14.9 Å². The summed E-state index contributed by atoms with van der Waals surface area (Å²) in [6, 6.07) is 5.44. The standard InChI is InChI=1S/C16H10Cl3FN2O6/c17-9-4-11(19)14(5-10(9)18)27-7-16(24)28-6-15(23)21-8-1-2-12(20)13(3-8)22(25)26/h1-5H,6-7H2,(H,21,23). The molecule has 0 radical (unpaired) electrons. The summed E-state index contributed by atoms with van der Waals surface area (Å²) in [6.45, 7) is -1.25. The zero-order valence-corrected chi connectivity index (χ0v) is 16.0. The van der Waals surface area contributed by atoms with Gasteiger partial charge in [-0.2, -0.15) is 4.39 Å². The number of benzene rings is 2. The molecule has 148 valence electrons. The van der Waals surface area contributed by atoms with Crippen molar-refractivity contribution in [2.75, 3.05) is 18.5 Å². The Morgan fingerprint density at radius 2 is 1.75 bits per heavy atom. The second kappa shape index (κ2) is 9.54. The molecule has 0 spiro atoms. The molecule has 0 saturated carbocycles. The number of nitro benzene ring substituents is 1. The summed E-state index contributed by atoms with van der Waals surface area (Å²) in [6.07, 6.45) is 0. The van der Waals surface area contributed by atoms with Crippen molar-refractivity contribution in [3.63, 3.8) is 0 Å². The predicted octanol–water partition coefficient (Wildman–Crippen LogP) is 4.25. The van der Waals surface area contributed by atoms with E-state index in [9.17, 15) is 24.1 Å². The normalized spacial score (nSPS) is 10.3. The molecule has 0 aliphatic rings. The number of esters is 1. The molecule has 0 saturated heterocycles. The van der Waals surface area contributed by atoms with Crippen LogP contribution < -0.4 is 10.1 Å². The van der Waals surface area contributed by atoms with Gasteiger partial charge < -0.3 is 14.8 Å². The van der Waals surface area contributed by atoms with E-state index in [-0.39, 0.29) is 26.5 Å². The van der Waals surface area contributed by atoms with Gasteiger partial charge in [0.15, 0.2) is 13.2 Å². The van der Waals surface area contributed by atoms with Crippen LogP contribution in [-0.4, -0.2) is 30.0 Å². The molecule has 0 aromatic heterocycles. The number of halogens is 4. The van der Waals surface area contributed by atoms with Gasteiger partial charge in [0.1, 0.15) is 5.75 Å². The first-order valence-electron chi connectivity index (χ1n) is 7.34. The molecule has 0 fully saturated rings. The lowest BCUT2D eigenvalue weighted by Gasteiger charge is -2.10. The molecule has 0 atom stereocenters. The lowest BCUT2D eigenvalue weighted by molar-refractivity contribution is -0.387. The second-order valence-corrected chi connectivity index (χ2v) is 6.34.